The van der Waals surface area contributed by atoms with Gasteiger partial charge in [0, 0.05) is 25.2 Å². The standard InChI is InChI=1S/C16H22N4O3/c1-4-13-18-9(2)15(23-13)16(22)19-14(10-5-12(21)6-10)11-7-17-20(3)8-11/h7-8,10,12,14,21H,4-6H2,1-3H3,(H,19,22). The van der Waals surface area contributed by atoms with E-state index in [1.54, 1.807) is 17.8 Å². The first-order valence-electron chi connectivity index (χ1n) is 7.91. The minimum absolute atomic E-state index is 0.186. The molecule has 2 aromatic rings. The number of nitrogens with one attached hydrogen (secondary N) is 1. The zero-order valence-corrected chi connectivity index (χ0v) is 13.6. The van der Waals surface area contributed by atoms with Gasteiger partial charge in [-0.15, -0.1) is 0 Å². The normalized spacial score (nSPS) is 21.7. The molecule has 7 nitrogen and oxygen atoms in total. The second-order valence-corrected chi connectivity index (χ2v) is 6.16. The van der Waals surface area contributed by atoms with Crippen molar-refractivity contribution in [2.24, 2.45) is 13.0 Å². The fourth-order valence-electron chi connectivity index (χ4n) is 3.00. The van der Waals surface area contributed by atoms with Gasteiger partial charge in [0.05, 0.1) is 24.0 Å². The van der Waals surface area contributed by atoms with Crippen molar-refractivity contribution in [3.05, 3.63) is 35.3 Å². The number of carbonyl (C=O) groups is 1. The molecule has 7 heteroatoms. The molecule has 0 radical (unpaired) electrons. The molecule has 1 amide bonds. The highest BCUT2D eigenvalue weighted by Crippen LogP contribution is 2.38. The molecule has 0 spiro atoms. The number of rotatable bonds is 5. The molecule has 0 aromatic carbocycles. The Labute approximate surface area is 134 Å². The van der Waals surface area contributed by atoms with Gasteiger partial charge in [-0.25, -0.2) is 4.98 Å². The summed E-state index contributed by atoms with van der Waals surface area (Å²) in [6.07, 6.45) is 5.36. The SMILES string of the molecule is CCc1nc(C)c(C(=O)NC(c2cnn(C)c2)C2CC(O)C2)o1. The number of aromatic nitrogens is 3. The van der Waals surface area contributed by atoms with Crippen LogP contribution in [0.25, 0.3) is 0 Å². The van der Waals surface area contributed by atoms with Crippen molar-refractivity contribution >= 4 is 5.91 Å². The first-order chi connectivity index (χ1) is 11.0. The second kappa shape index (κ2) is 6.16. The average molecular weight is 318 g/mol. The number of nitrogens with zero attached hydrogens (tertiary/aromatic N) is 3. The molecule has 1 aliphatic rings. The van der Waals surface area contributed by atoms with Gasteiger partial charge >= 0.3 is 0 Å². The average Bonchev–Trinajstić information content (AvgIpc) is 3.07. The van der Waals surface area contributed by atoms with E-state index < -0.39 is 0 Å². The van der Waals surface area contributed by atoms with E-state index in [2.05, 4.69) is 15.4 Å². The highest BCUT2D eigenvalue weighted by molar-refractivity contribution is 5.92. The number of hydrogen-bond donors (Lipinski definition) is 2. The molecule has 1 atom stereocenters. The molecule has 2 heterocycles. The largest absolute Gasteiger partial charge is 0.435 e. The number of aryl methyl sites for hydroxylation is 3. The molecule has 1 aliphatic carbocycles. The lowest BCUT2D eigenvalue weighted by Gasteiger charge is -2.37. The van der Waals surface area contributed by atoms with E-state index >= 15 is 0 Å². The number of oxazole rings is 1. The first-order valence-corrected chi connectivity index (χ1v) is 7.91. The lowest BCUT2D eigenvalue weighted by atomic mass is 9.75. The Hall–Kier alpha value is -2.15. The van der Waals surface area contributed by atoms with Gasteiger partial charge in [-0.1, -0.05) is 6.92 Å². The van der Waals surface area contributed by atoms with E-state index in [4.69, 9.17) is 4.42 Å². The Morgan fingerprint density at radius 1 is 1.57 bits per heavy atom. The van der Waals surface area contributed by atoms with Crippen LogP contribution in [0.2, 0.25) is 0 Å². The summed E-state index contributed by atoms with van der Waals surface area (Å²) in [5.41, 5.74) is 1.53. The summed E-state index contributed by atoms with van der Waals surface area (Å²) >= 11 is 0. The summed E-state index contributed by atoms with van der Waals surface area (Å²) in [6, 6.07) is -0.186. The Kier molecular flexibility index (Phi) is 4.21. The molecule has 2 aromatic heterocycles. The van der Waals surface area contributed by atoms with Crippen LogP contribution in [0.3, 0.4) is 0 Å². The minimum Gasteiger partial charge on any atom is -0.435 e. The number of aliphatic hydroxyl groups excluding tert-OH is 1. The van der Waals surface area contributed by atoms with Crippen molar-refractivity contribution in [2.45, 2.75) is 45.3 Å². The highest BCUT2D eigenvalue weighted by Gasteiger charge is 2.37. The molecule has 124 valence electrons. The zero-order valence-electron chi connectivity index (χ0n) is 13.6. The number of amides is 1. The minimum atomic E-state index is -0.283. The van der Waals surface area contributed by atoms with Crippen molar-refractivity contribution in [1.29, 1.82) is 0 Å². The van der Waals surface area contributed by atoms with Crippen LogP contribution in [0, 0.1) is 12.8 Å². The molecule has 0 saturated heterocycles. The Balaban J connectivity index is 1.80. The van der Waals surface area contributed by atoms with Gasteiger partial charge in [0.25, 0.3) is 5.91 Å². The number of hydrogen-bond acceptors (Lipinski definition) is 5. The number of aliphatic hydroxyl groups is 1. The zero-order chi connectivity index (χ0) is 16.6. The van der Waals surface area contributed by atoms with Gasteiger partial charge in [0.1, 0.15) is 0 Å². The summed E-state index contributed by atoms with van der Waals surface area (Å²) in [7, 11) is 1.84. The molecule has 1 saturated carbocycles. The maximum Gasteiger partial charge on any atom is 0.289 e. The van der Waals surface area contributed by atoms with Crippen LogP contribution in [0.4, 0.5) is 0 Å². The van der Waals surface area contributed by atoms with Crippen LogP contribution in [-0.2, 0) is 13.5 Å². The van der Waals surface area contributed by atoms with Crippen LogP contribution in [0.15, 0.2) is 16.8 Å². The number of carbonyl (C=O) groups excluding carboxylic acids is 1. The third-order valence-electron chi connectivity index (χ3n) is 4.34. The summed E-state index contributed by atoms with van der Waals surface area (Å²) in [4.78, 5) is 16.8. The maximum atomic E-state index is 12.6. The lowest BCUT2D eigenvalue weighted by Crippen LogP contribution is -2.41. The fraction of sp³-hybridized carbons (Fsp3) is 0.562. The molecular formula is C16H22N4O3. The van der Waals surface area contributed by atoms with Gasteiger partial charge < -0.3 is 14.8 Å². The van der Waals surface area contributed by atoms with Crippen LogP contribution < -0.4 is 5.32 Å². The van der Waals surface area contributed by atoms with E-state index in [1.807, 2.05) is 20.2 Å². The molecule has 3 rings (SSSR count). The van der Waals surface area contributed by atoms with Gasteiger partial charge in [-0.3, -0.25) is 9.48 Å². The van der Waals surface area contributed by atoms with E-state index in [-0.39, 0.29) is 29.7 Å². The molecule has 2 N–H and O–H groups in total. The van der Waals surface area contributed by atoms with Crippen LogP contribution in [0.1, 0.15) is 53.5 Å². The third kappa shape index (κ3) is 3.14. The van der Waals surface area contributed by atoms with E-state index in [1.165, 1.54) is 0 Å². The van der Waals surface area contributed by atoms with E-state index in [9.17, 15) is 9.90 Å². The van der Waals surface area contributed by atoms with Crippen molar-refractivity contribution in [3.8, 4) is 0 Å². The topological polar surface area (TPSA) is 93.2 Å². The molecule has 1 fully saturated rings. The van der Waals surface area contributed by atoms with Crippen LogP contribution in [-0.4, -0.2) is 31.9 Å². The van der Waals surface area contributed by atoms with Gasteiger partial charge in [-0.05, 0) is 25.7 Å². The Morgan fingerprint density at radius 3 is 2.83 bits per heavy atom. The van der Waals surface area contributed by atoms with Crippen molar-refractivity contribution in [2.75, 3.05) is 0 Å². The predicted molar refractivity (Wildman–Crippen MR) is 82.8 cm³/mol. The predicted octanol–water partition coefficient (Wildman–Crippen LogP) is 1.52. The summed E-state index contributed by atoms with van der Waals surface area (Å²) < 4.78 is 7.23. The highest BCUT2D eigenvalue weighted by atomic mass is 16.4. The second-order valence-electron chi connectivity index (χ2n) is 6.16. The smallest absolute Gasteiger partial charge is 0.289 e. The fourth-order valence-corrected chi connectivity index (χ4v) is 3.00. The van der Waals surface area contributed by atoms with Gasteiger partial charge in [0.15, 0.2) is 5.89 Å². The molecule has 23 heavy (non-hydrogen) atoms. The van der Waals surface area contributed by atoms with Gasteiger partial charge in [0.2, 0.25) is 5.76 Å². The molecule has 1 unspecified atom stereocenters. The van der Waals surface area contributed by atoms with Crippen LogP contribution in [0.5, 0.6) is 0 Å². The molecular weight excluding hydrogens is 296 g/mol. The van der Waals surface area contributed by atoms with E-state index in [0.717, 1.165) is 5.56 Å². The van der Waals surface area contributed by atoms with Crippen LogP contribution >= 0.6 is 0 Å². The monoisotopic (exact) mass is 318 g/mol. The quantitative estimate of drug-likeness (QED) is 0.872. The van der Waals surface area contributed by atoms with Crippen molar-refractivity contribution < 1.29 is 14.3 Å². The summed E-state index contributed by atoms with van der Waals surface area (Å²) in [5, 5.41) is 16.8. The Morgan fingerprint density at radius 2 is 2.30 bits per heavy atom. The summed E-state index contributed by atoms with van der Waals surface area (Å²) in [5.74, 6) is 0.747. The maximum absolute atomic E-state index is 12.6. The molecule has 0 aliphatic heterocycles. The third-order valence-corrected chi connectivity index (χ3v) is 4.34. The van der Waals surface area contributed by atoms with E-state index in [0.29, 0.717) is 30.8 Å². The summed E-state index contributed by atoms with van der Waals surface area (Å²) in [6.45, 7) is 3.70. The van der Waals surface area contributed by atoms with Gasteiger partial charge in [-0.2, -0.15) is 5.10 Å². The molecule has 0 bridgehead atoms. The van der Waals surface area contributed by atoms with Crippen molar-refractivity contribution in [1.82, 2.24) is 20.1 Å². The van der Waals surface area contributed by atoms with Crippen molar-refractivity contribution in [3.63, 3.8) is 0 Å². The lowest BCUT2D eigenvalue weighted by molar-refractivity contribution is 0.0232. The first kappa shape index (κ1) is 15.7. The Bertz CT molecular complexity index is 700.